The predicted molar refractivity (Wildman–Crippen MR) is 74.4 cm³/mol. The van der Waals surface area contributed by atoms with Crippen LogP contribution in [0.1, 0.15) is 51.9 Å². The van der Waals surface area contributed by atoms with Crippen LogP contribution < -0.4 is 5.32 Å². The minimum atomic E-state index is 0.409. The van der Waals surface area contributed by atoms with Crippen LogP contribution in [0.2, 0.25) is 0 Å². The molecule has 1 N–H and O–H groups in total. The van der Waals surface area contributed by atoms with Crippen molar-refractivity contribution in [2.75, 3.05) is 26.2 Å². The molecule has 0 spiro atoms. The van der Waals surface area contributed by atoms with Gasteiger partial charge in [0.2, 0.25) is 5.91 Å². The number of piperidine rings is 1. The van der Waals surface area contributed by atoms with Gasteiger partial charge in [-0.25, -0.2) is 0 Å². The SMILES string of the molecule is CCCC1CCC(=O)N(CC2CCNCC2)CC1. The fraction of sp³-hybridized carbons (Fsp3) is 0.933. The number of nitrogens with one attached hydrogen (secondary N) is 1. The first kappa shape index (κ1) is 13.9. The van der Waals surface area contributed by atoms with Gasteiger partial charge in [-0.1, -0.05) is 19.8 Å². The largest absolute Gasteiger partial charge is 0.342 e. The fourth-order valence-electron chi connectivity index (χ4n) is 3.36. The summed E-state index contributed by atoms with van der Waals surface area (Å²) in [6.45, 7) is 6.53. The molecule has 2 saturated heterocycles. The van der Waals surface area contributed by atoms with Crippen molar-refractivity contribution in [3.63, 3.8) is 0 Å². The van der Waals surface area contributed by atoms with Gasteiger partial charge in [0.15, 0.2) is 0 Å². The van der Waals surface area contributed by atoms with Crippen LogP contribution in [0, 0.1) is 11.8 Å². The van der Waals surface area contributed by atoms with E-state index in [9.17, 15) is 4.79 Å². The van der Waals surface area contributed by atoms with Crippen LogP contribution in [0.4, 0.5) is 0 Å². The third kappa shape index (κ3) is 3.98. The highest BCUT2D eigenvalue weighted by atomic mass is 16.2. The number of hydrogen-bond acceptors (Lipinski definition) is 2. The van der Waals surface area contributed by atoms with Gasteiger partial charge in [0.05, 0.1) is 0 Å². The lowest BCUT2D eigenvalue weighted by Crippen LogP contribution is -2.39. The number of hydrogen-bond donors (Lipinski definition) is 1. The lowest BCUT2D eigenvalue weighted by atomic mass is 9.95. The topological polar surface area (TPSA) is 32.3 Å². The van der Waals surface area contributed by atoms with E-state index in [0.29, 0.717) is 5.91 Å². The molecular formula is C15H28N2O. The Balaban J connectivity index is 1.81. The molecule has 0 aromatic carbocycles. The molecule has 2 heterocycles. The van der Waals surface area contributed by atoms with Crippen LogP contribution in [0.3, 0.4) is 0 Å². The summed E-state index contributed by atoms with van der Waals surface area (Å²) in [6, 6.07) is 0. The Labute approximate surface area is 111 Å². The van der Waals surface area contributed by atoms with Crippen molar-refractivity contribution in [3.05, 3.63) is 0 Å². The van der Waals surface area contributed by atoms with Crippen LogP contribution >= 0.6 is 0 Å². The van der Waals surface area contributed by atoms with Crippen molar-refractivity contribution in [3.8, 4) is 0 Å². The Morgan fingerprint density at radius 3 is 2.67 bits per heavy atom. The monoisotopic (exact) mass is 252 g/mol. The molecule has 2 aliphatic heterocycles. The molecule has 0 bridgehead atoms. The summed E-state index contributed by atoms with van der Waals surface area (Å²) in [5, 5.41) is 3.40. The van der Waals surface area contributed by atoms with Crippen molar-refractivity contribution in [2.24, 2.45) is 11.8 Å². The lowest BCUT2D eigenvalue weighted by Gasteiger charge is -2.29. The summed E-state index contributed by atoms with van der Waals surface area (Å²) in [4.78, 5) is 14.3. The molecule has 104 valence electrons. The molecule has 1 amide bonds. The first-order valence-electron chi connectivity index (χ1n) is 7.78. The van der Waals surface area contributed by atoms with Crippen molar-refractivity contribution >= 4 is 5.91 Å². The van der Waals surface area contributed by atoms with Gasteiger partial charge < -0.3 is 10.2 Å². The zero-order valence-corrected chi connectivity index (χ0v) is 11.8. The predicted octanol–water partition coefficient (Wildman–Crippen LogP) is 2.41. The molecule has 18 heavy (non-hydrogen) atoms. The van der Waals surface area contributed by atoms with Crippen molar-refractivity contribution in [2.45, 2.75) is 51.9 Å². The van der Waals surface area contributed by atoms with Gasteiger partial charge in [-0.3, -0.25) is 4.79 Å². The molecule has 1 atom stereocenters. The molecule has 3 heteroatoms. The average molecular weight is 252 g/mol. The van der Waals surface area contributed by atoms with E-state index >= 15 is 0 Å². The highest BCUT2D eigenvalue weighted by Gasteiger charge is 2.24. The summed E-state index contributed by atoms with van der Waals surface area (Å²) in [6.07, 6.45) is 8.17. The summed E-state index contributed by atoms with van der Waals surface area (Å²) < 4.78 is 0. The molecule has 1 unspecified atom stereocenters. The van der Waals surface area contributed by atoms with Crippen LogP contribution in [0.25, 0.3) is 0 Å². The number of likely N-dealkylation sites (tertiary alicyclic amines) is 1. The minimum absolute atomic E-state index is 0.409. The van der Waals surface area contributed by atoms with E-state index in [4.69, 9.17) is 0 Å². The first-order valence-corrected chi connectivity index (χ1v) is 7.78. The normalized spacial score (nSPS) is 27.3. The number of carbonyl (C=O) groups is 1. The maximum atomic E-state index is 12.1. The smallest absolute Gasteiger partial charge is 0.222 e. The van der Waals surface area contributed by atoms with Gasteiger partial charge in [0.1, 0.15) is 0 Å². The molecule has 2 aliphatic rings. The summed E-state index contributed by atoms with van der Waals surface area (Å²) in [7, 11) is 0. The highest BCUT2D eigenvalue weighted by Crippen LogP contribution is 2.24. The van der Waals surface area contributed by atoms with E-state index in [1.165, 1.54) is 32.1 Å². The van der Waals surface area contributed by atoms with E-state index in [-0.39, 0.29) is 0 Å². The summed E-state index contributed by atoms with van der Waals surface area (Å²) in [5.41, 5.74) is 0. The van der Waals surface area contributed by atoms with E-state index in [1.54, 1.807) is 0 Å². The van der Waals surface area contributed by atoms with Gasteiger partial charge >= 0.3 is 0 Å². The second-order valence-electron chi connectivity index (χ2n) is 6.02. The van der Waals surface area contributed by atoms with Crippen molar-refractivity contribution in [1.29, 1.82) is 0 Å². The van der Waals surface area contributed by atoms with E-state index in [2.05, 4.69) is 17.1 Å². The maximum absolute atomic E-state index is 12.1. The molecular weight excluding hydrogens is 224 g/mol. The molecule has 0 aromatic heterocycles. The number of nitrogens with zero attached hydrogens (tertiary/aromatic N) is 1. The Hall–Kier alpha value is -0.570. The van der Waals surface area contributed by atoms with Crippen molar-refractivity contribution in [1.82, 2.24) is 10.2 Å². The van der Waals surface area contributed by atoms with Crippen LogP contribution in [-0.2, 0) is 4.79 Å². The molecule has 0 aliphatic carbocycles. The zero-order valence-electron chi connectivity index (χ0n) is 11.8. The standard InChI is InChI=1S/C15H28N2O/c1-2-3-13-4-5-15(18)17(11-8-13)12-14-6-9-16-10-7-14/h13-14,16H,2-12H2,1H3. The fourth-order valence-corrected chi connectivity index (χ4v) is 3.36. The molecule has 3 nitrogen and oxygen atoms in total. The zero-order chi connectivity index (χ0) is 12.8. The molecule has 0 radical (unpaired) electrons. The number of amides is 1. The summed E-state index contributed by atoms with van der Waals surface area (Å²) in [5.74, 6) is 1.93. The van der Waals surface area contributed by atoms with Gasteiger partial charge in [0, 0.05) is 19.5 Å². The third-order valence-corrected chi connectivity index (χ3v) is 4.56. The lowest BCUT2D eigenvalue weighted by molar-refractivity contribution is -0.131. The average Bonchev–Trinajstić information content (AvgIpc) is 2.56. The number of carbonyl (C=O) groups excluding carboxylic acids is 1. The second kappa shape index (κ2) is 7.13. The first-order chi connectivity index (χ1) is 8.79. The van der Waals surface area contributed by atoms with Gasteiger partial charge in [-0.15, -0.1) is 0 Å². The van der Waals surface area contributed by atoms with E-state index < -0.39 is 0 Å². The third-order valence-electron chi connectivity index (χ3n) is 4.56. The van der Waals surface area contributed by atoms with E-state index in [0.717, 1.165) is 50.9 Å². The quantitative estimate of drug-likeness (QED) is 0.833. The highest BCUT2D eigenvalue weighted by molar-refractivity contribution is 5.76. The second-order valence-corrected chi connectivity index (χ2v) is 6.02. The molecule has 2 rings (SSSR count). The van der Waals surface area contributed by atoms with Gasteiger partial charge in [-0.05, 0) is 50.6 Å². The van der Waals surface area contributed by atoms with E-state index in [1.807, 2.05) is 0 Å². The maximum Gasteiger partial charge on any atom is 0.222 e. The molecule has 0 saturated carbocycles. The minimum Gasteiger partial charge on any atom is -0.342 e. The van der Waals surface area contributed by atoms with Crippen molar-refractivity contribution < 1.29 is 4.79 Å². The Kier molecular flexibility index (Phi) is 5.48. The Morgan fingerprint density at radius 2 is 1.94 bits per heavy atom. The van der Waals surface area contributed by atoms with Gasteiger partial charge in [0.25, 0.3) is 0 Å². The van der Waals surface area contributed by atoms with Crippen LogP contribution in [0.5, 0.6) is 0 Å². The Bertz CT molecular complexity index is 261. The summed E-state index contributed by atoms with van der Waals surface area (Å²) >= 11 is 0. The van der Waals surface area contributed by atoms with Gasteiger partial charge in [-0.2, -0.15) is 0 Å². The van der Waals surface area contributed by atoms with Crippen LogP contribution in [-0.4, -0.2) is 37.0 Å². The molecule has 2 fully saturated rings. The Morgan fingerprint density at radius 1 is 1.17 bits per heavy atom. The number of rotatable bonds is 4. The molecule has 0 aromatic rings. The van der Waals surface area contributed by atoms with Crippen LogP contribution in [0.15, 0.2) is 0 Å².